The van der Waals surface area contributed by atoms with Gasteiger partial charge in [0, 0.05) is 49.9 Å². The Bertz CT molecular complexity index is 395. The van der Waals surface area contributed by atoms with Crippen molar-refractivity contribution in [3.05, 3.63) is 34.6 Å². The van der Waals surface area contributed by atoms with E-state index in [0.29, 0.717) is 17.1 Å². The lowest BCUT2D eigenvalue weighted by atomic mass is 10.2. The largest absolute Gasteiger partial charge is 0.395 e. The first kappa shape index (κ1) is 13.7. The van der Waals surface area contributed by atoms with E-state index in [1.54, 1.807) is 12.1 Å². The molecule has 0 atom stereocenters. The molecule has 0 radical (unpaired) electrons. The summed E-state index contributed by atoms with van der Waals surface area (Å²) >= 11 is 5.88. The van der Waals surface area contributed by atoms with E-state index in [1.165, 1.54) is 6.07 Å². The van der Waals surface area contributed by atoms with Crippen molar-refractivity contribution in [2.75, 3.05) is 39.3 Å². The first-order valence-electron chi connectivity index (χ1n) is 6.18. The lowest BCUT2D eigenvalue weighted by Crippen LogP contribution is -2.46. The Morgan fingerprint density at radius 2 is 1.83 bits per heavy atom. The highest BCUT2D eigenvalue weighted by Crippen LogP contribution is 2.17. The fourth-order valence-electron chi connectivity index (χ4n) is 2.22. The Kier molecular flexibility index (Phi) is 4.95. The summed E-state index contributed by atoms with van der Waals surface area (Å²) in [6.07, 6.45) is 0. The highest BCUT2D eigenvalue weighted by molar-refractivity contribution is 6.30. The third-order valence-electron chi connectivity index (χ3n) is 3.28. The van der Waals surface area contributed by atoms with Crippen LogP contribution in [0.3, 0.4) is 0 Å². The van der Waals surface area contributed by atoms with Crippen LogP contribution in [0.5, 0.6) is 0 Å². The molecular weight excluding hydrogens is 255 g/mol. The van der Waals surface area contributed by atoms with Crippen LogP contribution in [-0.4, -0.2) is 54.2 Å². The third-order valence-corrected chi connectivity index (χ3v) is 3.52. The second-order valence-electron chi connectivity index (χ2n) is 4.58. The second kappa shape index (κ2) is 6.48. The molecule has 3 nitrogen and oxygen atoms in total. The Balaban J connectivity index is 1.89. The molecule has 1 aromatic carbocycles. The first-order valence-corrected chi connectivity index (χ1v) is 6.56. The monoisotopic (exact) mass is 272 g/mol. The van der Waals surface area contributed by atoms with Crippen molar-refractivity contribution in [2.24, 2.45) is 0 Å². The number of hydrogen-bond donors (Lipinski definition) is 1. The number of halogens is 2. The van der Waals surface area contributed by atoms with E-state index in [9.17, 15) is 4.39 Å². The topological polar surface area (TPSA) is 26.7 Å². The van der Waals surface area contributed by atoms with Crippen molar-refractivity contribution in [1.29, 1.82) is 0 Å². The van der Waals surface area contributed by atoms with E-state index < -0.39 is 0 Å². The van der Waals surface area contributed by atoms with Gasteiger partial charge in [-0.25, -0.2) is 4.39 Å². The Morgan fingerprint density at radius 1 is 1.17 bits per heavy atom. The fourth-order valence-corrected chi connectivity index (χ4v) is 2.41. The number of piperazine rings is 1. The maximum Gasteiger partial charge on any atom is 0.127 e. The van der Waals surface area contributed by atoms with Gasteiger partial charge in [0.05, 0.1) is 6.61 Å². The Labute approximate surface area is 112 Å². The van der Waals surface area contributed by atoms with Crippen molar-refractivity contribution < 1.29 is 9.50 Å². The van der Waals surface area contributed by atoms with Crippen LogP contribution < -0.4 is 0 Å². The number of hydrogen-bond acceptors (Lipinski definition) is 3. The van der Waals surface area contributed by atoms with Gasteiger partial charge in [-0.15, -0.1) is 0 Å². The molecule has 1 aliphatic heterocycles. The molecule has 1 fully saturated rings. The molecule has 0 bridgehead atoms. The summed E-state index contributed by atoms with van der Waals surface area (Å²) in [6.45, 7) is 5.14. The molecule has 0 saturated carbocycles. The predicted molar refractivity (Wildman–Crippen MR) is 70.2 cm³/mol. The van der Waals surface area contributed by atoms with Crippen molar-refractivity contribution in [2.45, 2.75) is 6.54 Å². The molecule has 0 aliphatic carbocycles. The average molecular weight is 273 g/mol. The number of aliphatic hydroxyl groups excluding tert-OH is 1. The van der Waals surface area contributed by atoms with Crippen molar-refractivity contribution in [3.63, 3.8) is 0 Å². The van der Waals surface area contributed by atoms with E-state index in [0.717, 1.165) is 32.7 Å². The number of benzene rings is 1. The summed E-state index contributed by atoms with van der Waals surface area (Å²) in [4.78, 5) is 4.42. The first-order chi connectivity index (χ1) is 8.69. The van der Waals surface area contributed by atoms with E-state index in [4.69, 9.17) is 16.7 Å². The van der Waals surface area contributed by atoms with Crippen molar-refractivity contribution in [3.8, 4) is 0 Å². The molecular formula is C13H18ClFN2O. The van der Waals surface area contributed by atoms with Crippen LogP contribution in [0.2, 0.25) is 5.02 Å². The number of nitrogens with zero attached hydrogens (tertiary/aromatic N) is 2. The average Bonchev–Trinajstić information content (AvgIpc) is 2.37. The number of β-amino-alcohol motifs (C(OH)–C–C–N with tert-alkyl or cyclic N) is 1. The zero-order chi connectivity index (χ0) is 13.0. The summed E-state index contributed by atoms with van der Waals surface area (Å²) in [7, 11) is 0. The van der Waals surface area contributed by atoms with Crippen molar-refractivity contribution >= 4 is 11.6 Å². The molecule has 5 heteroatoms. The summed E-state index contributed by atoms with van der Waals surface area (Å²) in [5.41, 5.74) is 0.651. The van der Waals surface area contributed by atoms with Crippen LogP contribution in [0.25, 0.3) is 0 Å². The normalized spacial score (nSPS) is 18.2. The van der Waals surface area contributed by atoms with E-state index in [2.05, 4.69) is 9.80 Å². The van der Waals surface area contributed by atoms with Gasteiger partial charge in [-0.05, 0) is 18.2 Å². The molecule has 0 spiro atoms. The molecule has 100 valence electrons. The lowest BCUT2D eigenvalue weighted by molar-refractivity contribution is 0.108. The number of rotatable bonds is 4. The molecule has 1 aliphatic rings. The molecule has 18 heavy (non-hydrogen) atoms. The van der Waals surface area contributed by atoms with Gasteiger partial charge in [0.1, 0.15) is 5.82 Å². The summed E-state index contributed by atoms with van der Waals surface area (Å²) in [5.74, 6) is -0.197. The quantitative estimate of drug-likeness (QED) is 0.902. The van der Waals surface area contributed by atoms with Gasteiger partial charge in [0.25, 0.3) is 0 Å². The minimum absolute atomic E-state index is 0.197. The summed E-state index contributed by atoms with van der Waals surface area (Å²) < 4.78 is 13.6. The van der Waals surface area contributed by atoms with Gasteiger partial charge in [0.15, 0.2) is 0 Å². The SMILES string of the molecule is OCCN1CCN(Cc2cc(Cl)ccc2F)CC1. The predicted octanol–water partition coefficient (Wildman–Crippen LogP) is 1.59. The van der Waals surface area contributed by atoms with Gasteiger partial charge < -0.3 is 5.11 Å². The molecule has 0 aromatic heterocycles. The molecule has 2 rings (SSSR count). The van der Waals surface area contributed by atoms with Crippen LogP contribution in [-0.2, 0) is 6.54 Å². The Morgan fingerprint density at radius 3 is 2.50 bits per heavy atom. The van der Waals surface area contributed by atoms with Crippen LogP contribution in [0, 0.1) is 5.82 Å². The number of aliphatic hydroxyl groups is 1. The minimum Gasteiger partial charge on any atom is -0.395 e. The van der Waals surface area contributed by atoms with E-state index >= 15 is 0 Å². The van der Waals surface area contributed by atoms with E-state index in [-0.39, 0.29) is 12.4 Å². The highest BCUT2D eigenvalue weighted by Gasteiger charge is 2.17. The van der Waals surface area contributed by atoms with Crippen molar-refractivity contribution in [1.82, 2.24) is 9.80 Å². The van der Waals surface area contributed by atoms with Crippen LogP contribution in [0.15, 0.2) is 18.2 Å². The van der Waals surface area contributed by atoms with Gasteiger partial charge in [0.2, 0.25) is 0 Å². The zero-order valence-electron chi connectivity index (χ0n) is 10.3. The molecule has 0 amide bonds. The van der Waals surface area contributed by atoms with Gasteiger partial charge in [-0.1, -0.05) is 11.6 Å². The molecule has 1 aromatic rings. The van der Waals surface area contributed by atoms with Crippen LogP contribution in [0.1, 0.15) is 5.56 Å². The smallest absolute Gasteiger partial charge is 0.127 e. The highest BCUT2D eigenvalue weighted by atomic mass is 35.5. The van der Waals surface area contributed by atoms with Gasteiger partial charge in [-0.3, -0.25) is 9.80 Å². The van der Waals surface area contributed by atoms with Gasteiger partial charge in [-0.2, -0.15) is 0 Å². The lowest BCUT2D eigenvalue weighted by Gasteiger charge is -2.34. The van der Waals surface area contributed by atoms with Crippen LogP contribution in [0.4, 0.5) is 4.39 Å². The zero-order valence-corrected chi connectivity index (χ0v) is 11.0. The van der Waals surface area contributed by atoms with Crippen LogP contribution >= 0.6 is 11.6 Å². The van der Waals surface area contributed by atoms with Gasteiger partial charge >= 0.3 is 0 Å². The molecule has 1 N–H and O–H groups in total. The Hall–Kier alpha value is -0.680. The minimum atomic E-state index is -0.197. The molecule has 1 saturated heterocycles. The molecule has 1 heterocycles. The fraction of sp³-hybridized carbons (Fsp3) is 0.538. The summed E-state index contributed by atoms with van der Waals surface area (Å²) in [5, 5.41) is 9.44. The standard InChI is InChI=1S/C13H18ClFN2O/c14-12-1-2-13(15)11(9-12)10-17-5-3-16(4-6-17)7-8-18/h1-2,9,18H,3-8,10H2. The van der Waals surface area contributed by atoms with E-state index in [1.807, 2.05) is 0 Å². The molecule has 0 unspecified atom stereocenters. The summed E-state index contributed by atoms with van der Waals surface area (Å²) in [6, 6.07) is 4.68. The maximum absolute atomic E-state index is 13.6. The third kappa shape index (κ3) is 3.65. The maximum atomic E-state index is 13.6. The second-order valence-corrected chi connectivity index (χ2v) is 5.01.